The summed E-state index contributed by atoms with van der Waals surface area (Å²) >= 11 is 1.48. The van der Waals surface area contributed by atoms with E-state index >= 15 is 0 Å². The third-order valence-corrected chi connectivity index (χ3v) is 3.58. The summed E-state index contributed by atoms with van der Waals surface area (Å²) in [5.41, 5.74) is 5.44. The normalized spacial score (nSPS) is 14.2. The zero-order valence-electron chi connectivity index (χ0n) is 12.1. The number of hydrogen-bond acceptors (Lipinski definition) is 6. The highest BCUT2D eigenvalue weighted by Gasteiger charge is 2.27. The number of nitrogens with one attached hydrogen (secondary N) is 1. The van der Waals surface area contributed by atoms with E-state index in [0.717, 1.165) is 0 Å². The van der Waals surface area contributed by atoms with Crippen molar-refractivity contribution in [2.45, 2.75) is 44.0 Å². The molecule has 7 nitrogen and oxygen atoms in total. The van der Waals surface area contributed by atoms with E-state index in [9.17, 15) is 14.4 Å². The molecule has 0 saturated carbocycles. The van der Waals surface area contributed by atoms with Gasteiger partial charge in [0.05, 0.1) is 19.6 Å². The molecule has 0 spiro atoms. The van der Waals surface area contributed by atoms with E-state index in [1.165, 1.54) is 18.9 Å². The van der Waals surface area contributed by atoms with Gasteiger partial charge < -0.3 is 20.9 Å². The van der Waals surface area contributed by atoms with Crippen molar-refractivity contribution >= 4 is 29.6 Å². The molecule has 0 aliphatic carbocycles. The summed E-state index contributed by atoms with van der Waals surface area (Å²) in [5, 5.41) is 11.0. The number of methoxy groups -OCH3 is 1. The van der Waals surface area contributed by atoms with Gasteiger partial charge in [-0.3, -0.25) is 9.59 Å². The lowest BCUT2D eigenvalue weighted by Crippen LogP contribution is -2.50. The van der Waals surface area contributed by atoms with Crippen molar-refractivity contribution in [2.75, 3.05) is 12.9 Å². The van der Waals surface area contributed by atoms with Crippen molar-refractivity contribution < 1.29 is 24.2 Å². The van der Waals surface area contributed by atoms with Gasteiger partial charge in [0.2, 0.25) is 5.91 Å². The summed E-state index contributed by atoms with van der Waals surface area (Å²) in [6.07, 6.45) is -0.494. The maximum absolute atomic E-state index is 11.7. The zero-order chi connectivity index (χ0) is 15.9. The number of amides is 1. The number of nitrogens with two attached hydrogens (primary N) is 1. The van der Waals surface area contributed by atoms with Crippen molar-refractivity contribution in [2.24, 2.45) is 5.73 Å². The van der Waals surface area contributed by atoms with Crippen LogP contribution in [0.4, 0.5) is 0 Å². The Balaban J connectivity index is 4.61. The van der Waals surface area contributed by atoms with Gasteiger partial charge in [-0.2, -0.15) is 11.8 Å². The van der Waals surface area contributed by atoms with Crippen LogP contribution < -0.4 is 11.1 Å². The van der Waals surface area contributed by atoms with Gasteiger partial charge in [0.1, 0.15) is 6.04 Å². The lowest BCUT2D eigenvalue weighted by Gasteiger charge is -2.23. The molecule has 0 aromatic heterocycles. The third-order valence-electron chi connectivity index (χ3n) is 2.22. The number of carboxylic acid groups (broad SMARTS) is 1. The summed E-state index contributed by atoms with van der Waals surface area (Å²) in [7, 11) is 1.22. The van der Waals surface area contributed by atoms with Crippen molar-refractivity contribution in [1.82, 2.24) is 5.32 Å². The molecule has 4 N–H and O–H groups in total. The number of rotatable bonds is 7. The maximum atomic E-state index is 11.7. The molecule has 0 aromatic rings. The molecule has 116 valence electrons. The molecule has 0 bridgehead atoms. The Morgan fingerprint density at radius 1 is 1.35 bits per heavy atom. The number of esters is 1. The number of carboxylic acids is 1. The Labute approximate surface area is 122 Å². The first kappa shape index (κ1) is 18.7. The first-order valence-electron chi connectivity index (χ1n) is 6.06. The Morgan fingerprint density at radius 2 is 1.90 bits per heavy atom. The Hall–Kier alpha value is -1.28. The number of hydrogen-bond donors (Lipinski definition) is 3. The van der Waals surface area contributed by atoms with Crippen LogP contribution in [0.2, 0.25) is 0 Å². The smallest absolute Gasteiger partial charge is 0.329 e. The number of carbonyl (C=O) groups is 3. The van der Waals surface area contributed by atoms with E-state index in [1.807, 2.05) is 20.8 Å². The van der Waals surface area contributed by atoms with Crippen LogP contribution in [-0.4, -0.2) is 52.6 Å². The molecule has 20 heavy (non-hydrogen) atoms. The van der Waals surface area contributed by atoms with E-state index in [1.54, 1.807) is 0 Å². The average molecular weight is 306 g/mol. The first-order valence-corrected chi connectivity index (χ1v) is 7.05. The molecule has 0 aliphatic heterocycles. The van der Waals surface area contributed by atoms with E-state index in [4.69, 9.17) is 10.8 Å². The molecule has 8 heteroatoms. The topological polar surface area (TPSA) is 119 Å². The number of ether oxygens (including phenoxy) is 1. The van der Waals surface area contributed by atoms with Crippen LogP contribution in [0.15, 0.2) is 0 Å². The van der Waals surface area contributed by atoms with Crippen LogP contribution in [0.5, 0.6) is 0 Å². The fraction of sp³-hybridized carbons (Fsp3) is 0.750. The van der Waals surface area contributed by atoms with Crippen LogP contribution in [0.25, 0.3) is 0 Å². The number of carbonyl (C=O) groups excluding carboxylic acids is 2. The Morgan fingerprint density at radius 3 is 2.30 bits per heavy atom. The minimum absolute atomic E-state index is 0.0832. The summed E-state index contributed by atoms with van der Waals surface area (Å²) in [4.78, 5) is 33.8. The molecular weight excluding hydrogens is 284 g/mol. The van der Waals surface area contributed by atoms with Gasteiger partial charge >= 0.3 is 11.9 Å². The van der Waals surface area contributed by atoms with Crippen LogP contribution in [0.3, 0.4) is 0 Å². The molecule has 0 unspecified atom stereocenters. The number of thioether (sulfide) groups is 1. The Bertz CT molecular complexity index is 367. The summed E-state index contributed by atoms with van der Waals surface area (Å²) in [6.45, 7) is 5.93. The second kappa shape index (κ2) is 8.11. The first-order chi connectivity index (χ1) is 9.06. The minimum atomic E-state index is -1.20. The van der Waals surface area contributed by atoms with Crippen molar-refractivity contribution in [3.8, 4) is 0 Å². The largest absolute Gasteiger partial charge is 0.481 e. The molecule has 2 atom stereocenters. The van der Waals surface area contributed by atoms with Gasteiger partial charge in [0.25, 0.3) is 0 Å². The Kier molecular flexibility index (Phi) is 7.59. The fourth-order valence-corrected chi connectivity index (χ4v) is 2.09. The molecule has 0 aromatic carbocycles. The highest BCUT2D eigenvalue weighted by molar-refractivity contribution is 8.00. The molecule has 0 heterocycles. The van der Waals surface area contributed by atoms with Gasteiger partial charge in [-0.05, 0) is 0 Å². The quantitative estimate of drug-likeness (QED) is 0.565. The van der Waals surface area contributed by atoms with Crippen molar-refractivity contribution in [3.63, 3.8) is 0 Å². The lowest BCUT2D eigenvalue weighted by atomic mass is 10.2. The molecule has 0 saturated heterocycles. The van der Waals surface area contributed by atoms with E-state index < -0.39 is 36.4 Å². The second-order valence-corrected chi connectivity index (χ2v) is 7.06. The third kappa shape index (κ3) is 8.00. The molecule has 1 amide bonds. The predicted molar refractivity (Wildman–Crippen MR) is 76.4 cm³/mol. The maximum Gasteiger partial charge on any atom is 0.329 e. The van der Waals surface area contributed by atoms with Crippen LogP contribution >= 0.6 is 11.8 Å². The molecule has 0 radical (unpaired) electrons. The van der Waals surface area contributed by atoms with Crippen LogP contribution in [-0.2, 0) is 19.1 Å². The highest BCUT2D eigenvalue weighted by Crippen LogP contribution is 2.23. The standard InChI is InChI=1S/C12H22N2O5S/c1-12(2,3)20-6-8(11(18)19-4)14-10(17)7(13)5-9(15)16/h7-8H,5-6,13H2,1-4H3,(H,14,17)(H,15,16)/t7-,8-/m0/s1. The van der Waals surface area contributed by atoms with Gasteiger partial charge in [0.15, 0.2) is 0 Å². The number of aliphatic carboxylic acids is 1. The fourth-order valence-electron chi connectivity index (χ4n) is 1.20. The van der Waals surface area contributed by atoms with Crippen LogP contribution in [0, 0.1) is 0 Å². The van der Waals surface area contributed by atoms with E-state index in [-0.39, 0.29) is 4.75 Å². The van der Waals surface area contributed by atoms with E-state index in [0.29, 0.717) is 5.75 Å². The molecule has 0 rings (SSSR count). The summed E-state index contributed by atoms with van der Waals surface area (Å²) < 4.78 is 4.53. The van der Waals surface area contributed by atoms with Gasteiger partial charge in [-0.1, -0.05) is 20.8 Å². The van der Waals surface area contributed by atoms with Crippen molar-refractivity contribution in [1.29, 1.82) is 0 Å². The lowest BCUT2D eigenvalue weighted by molar-refractivity contribution is -0.144. The predicted octanol–water partition coefficient (Wildman–Crippen LogP) is -0.0221. The molecule has 0 fully saturated rings. The van der Waals surface area contributed by atoms with Crippen molar-refractivity contribution in [3.05, 3.63) is 0 Å². The van der Waals surface area contributed by atoms with Gasteiger partial charge in [-0.25, -0.2) is 4.79 Å². The van der Waals surface area contributed by atoms with Gasteiger partial charge in [-0.15, -0.1) is 0 Å². The van der Waals surface area contributed by atoms with Crippen LogP contribution in [0.1, 0.15) is 27.2 Å². The minimum Gasteiger partial charge on any atom is -0.481 e. The average Bonchev–Trinajstić information content (AvgIpc) is 2.31. The summed E-state index contributed by atoms with van der Waals surface area (Å²) in [6, 6.07) is -2.05. The monoisotopic (exact) mass is 306 g/mol. The molecule has 0 aliphatic rings. The highest BCUT2D eigenvalue weighted by atomic mass is 32.2. The second-order valence-electron chi connectivity index (χ2n) is 5.21. The van der Waals surface area contributed by atoms with E-state index in [2.05, 4.69) is 10.1 Å². The summed E-state index contributed by atoms with van der Waals surface area (Å²) in [5.74, 6) is -2.12. The SMILES string of the molecule is COC(=O)[C@H](CSC(C)(C)C)NC(=O)[C@@H](N)CC(=O)O. The molecular formula is C12H22N2O5S. The van der Waals surface area contributed by atoms with Gasteiger partial charge in [0, 0.05) is 10.5 Å². The zero-order valence-corrected chi connectivity index (χ0v) is 13.0.